The van der Waals surface area contributed by atoms with Crippen molar-refractivity contribution in [1.29, 1.82) is 0 Å². The Balaban J connectivity index is 2.69. The number of hydrogen-bond acceptors (Lipinski definition) is 5. The quantitative estimate of drug-likeness (QED) is 0.115. The van der Waals surface area contributed by atoms with Gasteiger partial charge in [0, 0.05) is 43.2 Å². The van der Waals surface area contributed by atoms with Crippen molar-refractivity contribution < 1.29 is 0 Å². The summed E-state index contributed by atoms with van der Waals surface area (Å²) < 4.78 is 0. The van der Waals surface area contributed by atoms with E-state index in [1.807, 2.05) is 32.9 Å². The number of aliphatic imine (C=N–C) groups is 2. The van der Waals surface area contributed by atoms with Gasteiger partial charge in [-0.1, -0.05) is 50.1 Å². The van der Waals surface area contributed by atoms with E-state index in [9.17, 15) is 0 Å². The molecular formula is C27H44N6. The molecule has 0 aromatic carbocycles. The standard InChI is InChI=1S/C27H44N6/c1-8-9-15-26(18-17-21(2)23(4)32-29-7)27(28)16-13-14-22(3)30-24(5)31-25(6)33-19-11-10-12-20-33/h8-9,16-18,26,29,32H,2,4,6,10-15,19-20,28H2,1,3,5,7H3/b9-8+,18-17+,27-16+,30-22+,31-24-. The van der Waals surface area contributed by atoms with Gasteiger partial charge in [0.2, 0.25) is 0 Å². The minimum Gasteiger partial charge on any atom is -0.402 e. The Labute approximate surface area is 201 Å². The van der Waals surface area contributed by atoms with E-state index in [4.69, 9.17) is 5.73 Å². The lowest BCUT2D eigenvalue weighted by Gasteiger charge is -2.28. The highest BCUT2D eigenvalue weighted by molar-refractivity contribution is 5.96. The highest BCUT2D eigenvalue weighted by Crippen LogP contribution is 2.17. The van der Waals surface area contributed by atoms with Gasteiger partial charge in [0.1, 0.15) is 11.7 Å². The van der Waals surface area contributed by atoms with Crippen molar-refractivity contribution in [2.45, 2.75) is 59.3 Å². The Bertz CT molecular complexity index is 806. The Morgan fingerprint density at radius 1 is 1.12 bits per heavy atom. The molecule has 0 aliphatic carbocycles. The number of piperidine rings is 1. The molecule has 1 aliphatic rings. The normalized spacial score (nSPS) is 17.0. The van der Waals surface area contributed by atoms with Crippen LogP contribution < -0.4 is 16.6 Å². The van der Waals surface area contributed by atoms with Crippen molar-refractivity contribution in [1.82, 2.24) is 15.8 Å². The van der Waals surface area contributed by atoms with Gasteiger partial charge in [-0.3, -0.25) is 0 Å². The molecule has 0 saturated carbocycles. The van der Waals surface area contributed by atoms with E-state index in [0.29, 0.717) is 0 Å². The Kier molecular flexibility index (Phi) is 13.5. The molecule has 6 heteroatoms. The topological polar surface area (TPSA) is 78.0 Å². The second-order valence-electron chi connectivity index (χ2n) is 8.36. The van der Waals surface area contributed by atoms with E-state index in [1.165, 1.54) is 19.3 Å². The fourth-order valence-corrected chi connectivity index (χ4v) is 3.54. The number of hydrazine groups is 1. The summed E-state index contributed by atoms with van der Waals surface area (Å²) in [5.41, 5.74) is 15.7. The Morgan fingerprint density at radius 2 is 1.82 bits per heavy atom. The van der Waals surface area contributed by atoms with Crippen LogP contribution in [0.5, 0.6) is 0 Å². The van der Waals surface area contributed by atoms with Crippen LogP contribution in [0, 0.1) is 5.92 Å². The second kappa shape index (κ2) is 15.9. The number of likely N-dealkylation sites (tertiary alicyclic amines) is 1. The summed E-state index contributed by atoms with van der Waals surface area (Å²) in [5.74, 6) is 1.68. The summed E-state index contributed by atoms with van der Waals surface area (Å²) in [6.07, 6.45) is 16.5. The molecule has 33 heavy (non-hydrogen) atoms. The number of nitrogens with one attached hydrogen (secondary N) is 2. The maximum atomic E-state index is 6.43. The van der Waals surface area contributed by atoms with E-state index < -0.39 is 0 Å². The molecule has 0 aromatic heterocycles. The molecule has 1 rings (SSSR count). The lowest BCUT2D eigenvalue weighted by atomic mass is 9.98. The van der Waals surface area contributed by atoms with Crippen LogP contribution in [-0.4, -0.2) is 36.6 Å². The van der Waals surface area contributed by atoms with Crippen molar-refractivity contribution in [3.05, 3.63) is 72.9 Å². The van der Waals surface area contributed by atoms with E-state index in [-0.39, 0.29) is 5.92 Å². The van der Waals surface area contributed by atoms with Gasteiger partial charge in [-0.15, -0.1) is 0 Å². The summed E-state index contributed by atoms with van der Waals surface area (Å²) >= 11 is 0. The summed E-state index contributed by atoms with van der Waals surface area (Å²) in [4.78, 5) is 11.5. The summed E-state index contributed by atoms with van der Waals surface area (Å²) in [7, 11) is 1.79. The largest absolute Gasteiger partial charge is 0.402 e. The fourth-order valence-electron chi connectivity index (χ4n) is 3.54. The van der Waals surface area contributed by atoms with Gasteiger partial charge in [-0.05, 0) is 64.9 Å². The van der Waals surface area contributed by atoms with Crippen molar-refractivity contribution >= 4 is 11.5 Å². The van der Waals surface area contributed by atoms with E-state index in [0.717, 1.165) is 66.7 Å². The third-order valence-corrected chi connectivity index (χ3v) is 5.50. The SMILES string of the molecule is C=C(/C=C/C(C/C=C/C)/C(N)=C\CC/C(C)=N/C(C)=N\C(=C)N1CCCCC1)C(=C)NNC. The summed E-state index contributed by atoms with van der Waals surface area (Å²) in [5, 5.41) is 0. The molecule has 0 aromatic rings. The average molecular weight is 453 g/mol. The molecule has 1 aliphatic heterocycles. The number of nitrogens with zero attached hydrogens (tertiary/aromatic N) is 3. The van der Waals surface area contributed by atoms with Crippen molar-refractivity contribution in [3.63, 3.8) is 0 Å². The predicted molar refractivity (Wildman–Crippen MR) is 145 cm³/mol. The van der Waals surface area contributed by atoms with Gasteiger partial charge >= 0.3 is 0 Å². The number of hydrogen-bond donors (Lipinski definition) is 3. The highest BCUT2D eigenvalue weighted by atomic mass is 15.3. The molecular weight excluding hydrogens is 408 g/mol. The van der Waals surface area contributed by atoms with Crippen LogP contribution in [0.25, 0.3) is 0 Å². The molecule has 1 heterocycles. The third kappa shape index (κ3) is 11.5. The number of amidine groups is 1. The zero-order chi connectivity index (χ0) is 24.6. The number of nitrogens with two attached hydrogens (primary N) is 1. The maximum absolute atomic E-state index is 6.43. The van der Waals surface area contributed by atoms with Crippen LogP contribution in [0.2, 0.25) is 0 Å². The molecule has 6 nitrogen and oxygen atoms in total. The molecule has 0 radical (unpaired) electrons. The van der Waals surface area contributed by atoms with Crippen LogP contribution >= 0.6 is 0 Å². The molecule has 0 amide bonds. The number of rotatable bonds is 13. The first-order valence-electron chi connectivity index (χ1n) is 11.9. The Hall–Kier alpha value is -2.86. The average Bonchev–Trinajstić information content (AvgIpc) is 2.79. The minimum absolute atomic E-state index is 0.105. The summed E-state index contributed by atoms with van der Waals surface area (Å²) in [6.45, 7) is 20.2. The monoisotopic (exact) mass is 452 g/mol. The van der Waals surface area contributed by atoms with Crippen LogP contribution in [0.1, 0.15) is 59.3 Å². The van der Waals surface area contributed by atoms with Gasteiger partial charge in [0.15, 0.2) is 0 Å². The molecule has 1 atom stereocenters. The molecule has 0 spiro atoms. The maximum Gasteiger partial charge on any atom is 0.127 e. The molecule has 1 saturated heterocycles. The zero-order valence-corrected chi connectivity index (χ0v) is 21.2. The van der Waals surface area contributed by atoms with Gasteiger partial charge in [0.05, 0.1) is 0 Å². The molecule has 1 fully saturated rings. The van der Waals surface area contributed by atoms with Crippen LogP contribution in [0.15, 0.2) is 82.9 Å². The highest BCUT2D eigenvalue weighted by Gasteiger charge is 2.11. The van der Waals surface area contributed by atoms with Crippen LogP contribution in [-0.2, 0) is 0 Å². The lowest BCUT2D eigenvalue weighted by Crippen LogP contribution is -2.28. The van der Waals surface area contributed by atoms with E-state index in [2.05, 4.69) is 63.7 Å². The molecule has 182 valence electrons. The zero-order valence-electron chi connectivity index (χ0n) is 21.2. The molecule has 1 unspecified atom stereocenters. The van der Waals surface area contributed by atoms with Crippen molar-refractivity contribution in [2.24, 2.45) is 21.6 Å². The predicted octanol–water partition coefficient (Wildman–Crippen LogP) is 5.38. The second-order valence-corrected chi connectivity index (χ2v) is 8.36. The van der Waals surface area contributed by atoms with Crippen LogP contribution in [0.4, 0.5) is 0 Å². The van der Waals surface area contributed by atoms with Gasteiger partial charge in [0.25, 0.3) is 0 Å². The molecule has 0 bridgehead atoms. The first-order valence-corrected chi connectivity index (χ1v) is 11.9. The van der Waals surface area contributed by atoms with Gasteiger partial charge < -0.3 is 16.1 Å². The van der Waals surface area contributed by atoms with Crippen molar-refractivity contribution in [3.8, 4) is 0 Å². The lowest BCUT2D eigenvalue weighted by molar-refractivity contribution is 0.284. The third-order valence-electron chi connectivity index (χ3n) is 5.50. The van der Waals surface area contributed by atoms with E-state index in [1.54, 1.807) is 7.05 Å². The fraction of sp³-hybridized carbons (Fsp3) is 0.481. The molecule has 4 N–H and O–H groups in total. The Morgan fingerprint density at radius 3 is 2.45 bits per heavy atom. The first kappa shape index (κ1) is 28.2. The van der Waals surface area contributed by atoms with Gasteiger partial charge in [-0.2, -0.15) is 0 Å². The minimum atomic E-state index is 0.105. The number of allylic oxidation sites excluding steroid dienone is 5. The first-order chi connectivity index (χ1) is 15.8. The van der Waals surface area contributed by atoms with Crippen molar-refractivity contribution in [2.75, 3.05) is 20.1 Å². The smallest absolute Gasteiger partial charge is 0.127 e. The van der Waals surface area contributed by atoms with Gasteiger partial charge in [-0.25, -0.2) is 15.4 Å². The summed E-state index contributed by atoms with van der Waals surface area (Å²) in [6, 6.07) is 0. The van der Waals surface area contributed by atoms with Crippen LogP contribution in [0.3, 0.4) is 0 Å². The van der Waals surface area contributed by atoms with E-state index >= 15 is 0 Å².